The number of carbonyl (C=O) groups is 2. The molecule has 1 aliphatic carbocycles. The predicted molar refractivity (Wildman–Crippen MR) is 93.1 cm³/mol. The highest BCUT2D eigenvalue weighted by Crippen LogP contribution is 2.30. The van der Waals surface area contributed by atoms with E-state index >= 15 is 0 Å². The molecule has 2 heterocycles. The minimum absolute atomic E-state index is 0.00887. The molecule has 1 saturated carbocycles. The van der Waals surface area contributed by atoms with Crippen molar-refractivity contribution in [1.29, 1.82) is 0 Å². The zero-order valence-electron chi connectivity index (χ0n) is 15.1. The number of pyridine rings is 1. The smallest absolute Gasteiger partial charge is 0.259 e. The lowest BCUT2D eigenvalue weighted by atomic mass is 9.91. The van der Waals surface area contributed by atoms with E-state index in [0.29, 0.717) is 31.0 Å². The number of aliphatic hydroxyl groups excluding tert-OH is 1. The van der Waals surface area contributed by atoms with Crippen molar-refractivity contribution < 1.29 is 24.2 Å². The zero-order chi connectivity index (χ0) is 18.7. The molecule has 1 aromatic heterocycles. The van der Waals surface area contributed by atoms with Crippen molar-refractivity contribution >= 4 is 11.8 Å². The molecule has 2 aliphatic rings. The van der Waals surface area contributed by atoms with Gasteiger partial charge in [0.2, 0.25) is 17.7 Å². The number of aliphatic hydroxyl groups is 1. The highest BCUT2D eigenvalue weighted by Gasteiger charge is 2.37. The Labute approximate surface area is 152 Å². The molecule has 0 bridgehead atoms. The molecule has 0 unspecified atom stereocenters. The van der Waals surface area contributed by atoms with Gasteiger partial charge in [0.25, 0.3) is 5.91 Å². The van der Waals surface area contributed by atoms with Crippen molar-refractivity contribution in [2.75, 3.05) is 33.9 Å². The number of aromatic nitrogens is 1. The van der Waals surface area contributed by atoms with Crippen molar-refractivity contribution in [3.63, 3.8) is 0 Å². The molecule has 2 amide bonds. The Morgan fingerprint density at radius 1 is 1.27 bits per heavy atom. The van der Waals surface area contributed by atoms with E-state index in [-0.39, 0.29) is 42.2 Å². The van der Waals surface area contributed by atoms with Gasteiger partial charge in [0.1, 0.15) is 5.56 Å². The number of rotatable bonds is 6. The summed E-state index contributed by atoms with van der Waals surface area (Å²) in [7, 11) is 2.95. The molecule has 0 aromatic carbocycles. The molecule has 0 spiro atoms. The minimum atomic E-state index is -0.247. The summed E-state index contributed by atoms with van der Waals surface area (Å²) in [4.78, 5) is 30.9. The highest BCUT2D eigenvalue weighted by atomic mass is 16.5. The van der Waals surface area contributed by atoms with E-state index in [1.165, 1.54) is 14.2 Å². The number of carbonyl (C=O) groups excluding carboxylic acids is 2. The molecular formula is C18H25N3O5. The van der Waals surface area contributed by atoms with E-state index in [2.05, 4.69) is 10.3 Å². The van der Waals surface area contributed by atoms with Gasteiger partial charge in [-0.25, -0.2) is 0 Å². The van der Waals surface area contributed by atoms with E-state index in [4.69, 9.17) is 9.47 Å². The standard InChI is InChI=1S/C18H25N3O5/c1-25-15-6-5-13(17(20-15)26-2)18(24)21-8-7-12(10-22)14(9-21)19-16(23)11-3-4-11/h5-6,11-12,14,22H,3-4,7-10H2,1-2H3,(H,19,23)/t12-,14-/m1/s1. The number of nitrogens with zero attached hydrogens (tertiary/aromatic N) is 2. The van der Waals surface area contributed by atoms with Crippen LogP contribution < -0.4 is 14.8 Å². The third-order valence-electron chi connectivity index (χ3n) is 5.02. The quantitative estimate of drug-likeness (QED) is 0.761. The summed E-state index contributed by atoms with van der Waals surface area (Å²) in [6.45, 7) is 0.859. The second-order valence-corrected chi connectivity index (χ2v) is 6.78. The van der Waals surface area contributed by atoms with Gasteiger partial charge in [-0.2, -0.15) is 4.98 Å². The highest BCUT2D eigenvalue weighted by molar-refractivity contribution is 5.96. The van der Waals surface area contributed by atoms with E-state index in [1.54, 1.807) is 17.0 Å². The van der Waals surface area contributed by atoms with Crippen molar-refractivity contribution in [2.45, 2.75) is 25.3 Å². The maximum Gasteiger partial charge on any atom is 0.259 e. The van der Waals surface area contributed by atoms with Crippen LogP contribution in [0.25, 0.3) is 0 Å². The molecule has 8 nitrogen and oxygen atoms in total. The molecule has 1 saturated heterocycles. The molecule has 3 rings (SSSR count). The van der Waals surface area contributed by atoms with Gasteiger partial charge in [-0.05, 0) is 25.3 Å². The normalized spacial score (nSPS) is 22.7. The third kappa shape index (κ3) is 3.90. The maximum atomic E-state index is 12.9. The van der Waals surface area contributed by atoms with Gasteiger partial charge < -0.3 is 24.8 Å². The molecule has 1 aliphatic heterocycles. The molecule has 2 N–H and O–H groups in total. The fraction of sp³-hybridized carbons (Fsp3) is 0.611. The van der Waals surface area contributed by atoms with E-state index < -0.39 is 0 Å². The van der Waals surface area contributed by atoms with Gasteiger partial charge in [-0.1, -0.05) is 0 Å². The Morgan fingerprint density at radius 3 is 2.65 bits per heavy atom. The number of hydrogen-bond donors (Lipinski definition) is 2. The summed E-state index contributed by atoms with van der Waals surface area (Å²) < 4.78 is 10.3. The number of hydrogen-bond acceptors (Lipinski definition) is 6. The average Bonchev–Trinajstić information content (AvgIpc) is 3.52. The third-order valence-corrected chi connectivity index (χ3v) is 5.02. The fourth-order valence-electron chi connectivity index (χ4n) is 3.24. The Morgan fingerprint density at radius 2 is 2.04 bits per heavy atom. The number of nitrogens with one attached hydrogen (secondary N) is 1. The van der Waals surface area contributed by atoms with Crippen LogP contribution in [0.3, 0.4) is 0 Å². The van der Waals surface area contributed by atoms with Gasteiger partial charge in [0.15, 0.2) is 0 Å². The monoisotopic (exact) mass is 363 g/mol. The minimum Gasteiger partial charge on any atom is -0.481 e. The van der Waals surface area contributed by atoms with Crippen molar-refractivity contribution in [1.82, 2.24) is 15.2 Å². The maximum absolute atomic E-state index is 12.9. The van der Waals surface area contributed by atoms with Crippen LogP contribution in [0.15, 0.2) is 12.1 Å². The van der Waals surface area contributed by atoms with Crippen LogP contribution in [0, 0.1) is 11.8 Å². The first-order valence-electron chi connectivity index (χ1n) is 8.87. The summed E-state index contributed by atoms with van der Waals surface area (Å²) in [5, 5.41) is 12.6. The molecular weight excluding hydrogens is 338 g/mol. The van der Waals surface area contributed by atoms with Crippen molar-refractivity contribution in [3.8, 4) is 11.8 Å². The summed E-state index contributed by atoms with van der Waals surface area (Å²) >= 11 is 0. The second-order valence-electron chi connectivity index (χ2n) is 6.78. The molecule has 2 fully saturated rings. The lowest BCUT2D eigenvalue weighted by molar-refractivity contribution is -0.123. The largest absolute Gasteiger partial charge is 0.481 e. The zero-order valence-corrected chi connectivity index (χ0v) is 15.1. The summed E-state index contributed by atoms with van der Waals surface area (Å²) in [6.07, 6.45) is 2.46. The van der Waals surface area contributed by atoms with Crippen LogP contribution in [-0.4, -0.2) is 66.8 Å². The lowest BCUT2D eigenvalue weighted by Gasteiger charge is -2.38. The van der Waals surface area contributed by atoms with E-state index in [0.717, 1.165) is 12.8 Å². The topological polar surface area (TPSA) is 101 Å². The number of piperidine rings is 1. The van der Waals surface area contributed by atoms with Crippen molar-refractivity contribution in [3.05, 3.63) is 17.7 Å². The molecule has 142 valence electrons. The Hall–Kier alpha value is -2.35. The van der Waals surface area contributed by atoms with E-state index in [1.807, 2.05) is 0 Å². The van der Waals surface area contributed by atoms with Crippen LogP contribution in [-0.2, 0) is 4.79 Å². The summed E-state index contributed by atoms with van der Waals surface area (Å²) in [6, 6.07) is 2.99. The van der Waals surface area contributed by atoms with Gasteiger partial charge in [-0.15, -0.1) is 0 Å². The van der Waals surface area contributed by atoms with Crippen LogP contribution in [0.1, 0.15) is 29.6 Å². The van der Waals surface area contributed by atoms with Gasteiger partial charge in [0.05, 0.1) is 20.3 Å². The molecule has 8 heteroatoms. The number of methoxy groups -OCH3 is 2. The first kappa shape index (κ1) is 18.4. The van der Waals surface area contributed by atoms with Gasteiger partial charge >= 0.3 is 0 Å². The van der Waals surface area contributed by atoms with E-state index in [9.17, 15) is 14.7 Å². The Balaban J connectivity index is 1.73. The van der Waals surface area contributed by atoms with Gasteiger partial charge in [0, 0.05) is 37.6 Å². The predicted octanol–water partition coefficient (Wildman–Crippen LogP) is 0.448. The Kier molecular flexibility index (Phi) is 5.61. The van der Waals surface area contributed by atoms with Crippen molar-refractivity contribution in [2.24, 2.45) is 11.8 Å². The van der Waals surface area contributed by atoms with Crippen LogP contribution in [0.2, 0.25) is 0 Å². The summed E-state index contributed by atoms with van der Waals surface area (Å²) in [5.74, 6) is 0.429. The van der Waals surface area contributed by atoms with Crippen LogP contribution in [0.5, 0.6) is 11.8 Å². The second kappa shape index (κ2) is 7.90. The Bertz CT molecular complexity index is 677. The number of likely N-dealkylation sites (tertiary alicyclic amines) is 1. The summed E-state index contributed by atoms with van der Waals surface area (Å²) in [5.41, 5.74) is 0.350. The van der Waals surface area contributed by atoms with Gasteiger partial charge in [-0.3, -0.25) is 9.59 Å². The average molecular weight is 363 g/mol. The molecule has 1 aromatic rings. The molecule has 2 atom stereocenters. The van der Waals surface area contributed by atoms with Crippen LogP contribution in [0.4, 0.5) is 0 Å². The lowest BCUT2D eigenvalue weighted by Crippen LogP contribution is -2.55. The first-order valence-corrected chi connectivity index (χ1v) is 8.87. The number of amides is 2. The molecule has 0 radical (unpaired) electrons. The fourth-order valence-corrected chi connectivity index (χ4v) is 3.24. The first-order chi connectivity index (χ1) is 12.6. The molecule has 26 heavy (non-hydrogen) atoms. The van der Waals surface area contributed by atoms with Crippen LogP contribution >= 0.6 is 0 Å². The number of ether oxygens (including phenoxy) is 2. The SMILES string of the molecule is COc1ccc(C(=O)N2CC[C@H](CO)[C@H](NC(=O)C3CC3)C2)c(OC)n1.